The molecular formula is C15H17NO3. The van der Waals surface area contributed by atoms with Crippen LogP contribution in [0.5, 0.6) is 11.5 Å². The van der Waals surface area contributed by atoms with Crippen LogP contribution < -0.4 is 9.47 Å². The Morgan fingerprint density at radius 3 is 2.47 bits per heavy atom. The van der Waals surface area contributed by atoms with Crippen LogP contribution in [0, 0.1) is 17.2 Å². The van der Waals surface area contributed by atoms with Crippen molar-refractivity contribution < 1.29 is 14.3 Å². The van der Waals surface area contributed by atoms with Gasteiger partial charge in [-0.3, -0.25) is 4.79 Å². The van der Waals surface area contributed by atoms with Gasteiger partial charge in [-0.1, -0.05) is 12.5 Å². The highest BCUT2D eigenvalue weighted by atomic mass is 16.5. The molecule has 1 aliphatic carbocycles. The third-order valence-electron chi connectivity index (χ3n) is 3.66. The fourth-order valence-electron chi connectivity index (χ4n) is 2.26. The lowest BCUT2D eigenvalue weighted by molar-refractivity contribution is -0.125. The van der Waals surface area contributed by atoms with Gasteiger partial charge in [0, 0.05) is 5.92 Å². The SMILES string of the molecule is COc1ccc(C(C#N)C(=O)C2CCC2)cc1OC. The van der Waals surface area contributed by atoms with Gasteiger partial charge in [0.05, 0.1) is 20.3 Å². The minimum absolute atomic E-state index is 0.0287. The van der Waals surface area contributed by atoms with Gasteiger partial charge in [-0.25, -0.2) is 0 Å². The Balaban J connectivity index is 2.28. The average Bonchev–Trinajstić information content (AvgIpc) is 2.37. The molecule has 4 nitrogen and oxygen atoms in total. The van der Waals surface area contributed by atoms with E-state index >= 15 is 0 Å². The molecule has 1 aliphatic rings. The number of ether oxygens (including phenoxy) is 2. The molecule has 1 aromatic rings. The topological polar surface area (TPSA) is 59.3 Å². The number of nitrogens with zero attached hydrogens (tertiary/aromatic N) is 1. The number of Topliss-reactive ketones (excluding diaryl/α,β-unsaturated/α-hetero) is 1. The van der Waals surface area contributed by atoms with Gasteiger partial charge in [0.25, 0.3) is 0 Å². The molecule has 0 saturated heterocycles. The van der Waals surface area contributed by atoms with Gasteiger partial charge >= 0.3 is 0 Å². The quantitative estimate of drug-likeness (QED) is 0.815. The Labute approximate surface area is 112 Å². The number of hydrogen-bond donors (Lipinski definition) is 0. The van der Waals surface area contributed by atoms with Crippen molar-refractivity contribution in [2.45, 2.75) is 25.2 Å². The Bertz CT molecular complexity index is 515. The molecule has 4 heteroatoms. The maximum absolute atomic E-state index is 12.2. The van der Waals surface area contributed by atoms with E-state index in [-0.39, 0.29) is 11.7 Å². The first-order chi connectivity index (χ1) is 9.21. The highest BCUT2D eigenvalue weighted by molar-refractivity contribution is 5.91. The molecule has 0 radical (unpaired) electrons. The third-order valence-corrected chi connectivity index (χ3v) is 3.66. The van der Waals surface area contributed by atoms with Crippen LogP contribution in [0.2, 0.25) is 0 Å². The van der Waals surface area contributed by atoms with Gasteiger partial charge < -0.3 is 9.47 Å². The van der Waals surface area contributed by atoms with E-state index in [9.17, 15) is 10.1 Å². The van der Waals surface area contributed by atoms with E-state index in [4.69, 9.17) is 9.47 Å². The molecule has 1 saturated carbocycles. The minimum atomic E-state index is -0.704. The minimum Gasteiger partial charge on any atom is -0.493 e. The number of hydrogen-bond acceptors (Lipinski definition) is 4. The Hall–Kier alpha value is -2.02. The van der Waals surface area contributed by atoms with Crippen LogP contribution in [-0.4, -0.2) is 20.0 Å². The lowest BCUT2D eigenvalue weighted by Crippen LogP contribution is -2.26. The van der Waals surface area contributed by atoms with Crippen LogP contribution in [0.4, 0.5) is 0 Å². The second-order valence-corrected chi connectivity index (χ2v) is 4.71. The van der Waals surface area contributed by atoms with E-state index in [1.165, 1.54) is 7.11 Å². The third kappa shape index (κ3) is 2.55. The molecule has 0 spiro atoms. The van der Waals surface area contributed by atoms with E-state index in [2.05, 4.69) is 6.07 Å². The molecule has 0 N–H and O–H groups in total. The predicted molar refractivity (Wildman–Crippen MR) is 70.2 cm³/mol. The first-order valence-corrected chi connectivity index (χ1v) is 6.36. The number of methoxy groups -OCH3 is 2. The molecule has 0 aromatic heterocycles. The summed E-state index contributed by atoms with van der Waals surface area (Å²) in [5.41, 5.74) is 0.678. The number of ketones is 1. The van der Waals surface area contributed by atoms with Crippen molar-refractivity contribution in [1.29, 1.82) is 5.26 Å². The summed E-state index contributed by atoms with van der Waals surface area (Å²) in [6.45, 7) is 0. The summed E-state index contributed by atoms with van der Waals surface area (Å²) >= 11 is 0. The highest BCUT2D eigenvalue weighted by Crippen LogP contribution is 2.35. The fraction of sp³-hybridized carbons (Fsp3) is 0.467. The Morgan fingerprint density at radius 2 is 2.00 bits per heavy atom. The first-order valence-electron chi connectivity index (χ1n) is 6.36. The molecule has 0 aliphatic heterocycles. The van der Waals surface area contributed by atoms with Crippen molar-refractivity contribution in [2.24, 2.45) is 5.92 Å². The zero-order valence-corrected chi connectivity index (χ0v) is 11.2. The first kappa shape index (κ1) is 13.4. The maximum Gasteiger partial charge on any atom is 0.161 e. The Kier molecular flexibility index (Phi) is 4.06. The second kappa shape index (κ2) is 5.75. The van der Waals surface area contributed by atoms with Crippen LogP contribution in [0.15, 0.2) is 18.2 Å². The molecule has 2 rings (SSSR count). The standard InChI is InChI=1S/C15H17NO3/c1-18-13-7-6-11(8-14(13)19-2)12(9-16)15(17)10-4-3-5-10/h6-8,10,12H,3-5H2,1-2H3. The summed E-state index contributed by atoms with van der Waals surface area (Å²) < 4.78 is 10.4. The van der Waals surface area contributed by atoms with Crippen molar-refractivity contribution in [2.75, 3.05) is 14.2 Å². The molecule has 0 bridgehead atoms. The Morgan fingerprint density at radius 1 is 1.32 bits per heavy atom. The number of nitriles is 1. The van der Waals surface area contributed by atoms with Crippen LogP contribution in [0.1, 0.15) is 30.7 Å². The highest BCUT2D eigenvalue weighted by Gasteiger charge is 2.32. The number of benzene rings is 1. The zero-order valence-electron chi connectivity index (χ0n) is 11.2. The van der Waals surface area contributed by atoms with E-state index in [0.29, 0.717) is 17.1 Å². The van der Waals surface area contributed by atoms with E-state index in [1.54, 1.807) is 25.3 Å². The summed E-state index contributed by atoms with van der Waals surface area (Å²) in [6.07, 6.45) is 2.90. The molecule has 1 aromatic carbocycles. The summed E-state index contributed by atoms with van der Waals surface area (Å²) in [7, 11) is 3.09. The molecular weight excluding hydrogens is 242 g/mol. The molecule has 0 amide bonds. The zero-order chi connectivity index (χ0) is 13.8. The van der Waals surface area contributed by atoms with E-state index in [0.717, 1.165) is 19.3 Å². The summed E-state index contributed by atoms with van der Waals surface area (Å²) in [6, 6.07) is 7.31. The monoisotopic (exact) mass is 259 g/mol. The summed E-state index contributed by atoms with van der Waals surface area (Å²) in [5.74, 6) is 0.518. The normalized spacial score (nSPS) is 16.1. The predicted octanol–water partition coefficient (Wildman–Crippen LogP) is 2.68. The molecule has 0 heterocycles. The maximum atomic E-state index is 12.2. The molecule has 1 unspecified atom stereocenters. The van der Waals surface area contributed by atoms with Crippen molar-refractivity contribution in [3.05, 3.63) is 23.8 Å². The van der Waals surface area contributed by atoms with Gasteiger partial charge in [0.1, 0.15) is 5.92 Å². The largest absolute Gasteiger partial charge is 0.493 e. The van der Waals surface area contributed by atoms with Crippen LogP contribution in [0.3, 0.4) is 0 Å². The van der Waals surface area contributed by atoms with Crippen molar-refractivity contribution >= 4 is 5.78 Å². The van der Waals surface area contributed by atoms with Crippen molar-refractivity contribution in [3.8, 4) is 17.6 Å². The van der Waals surface area contributed by atoms with E-state index in [1.807, 2.05) is 0 Å². The smallest absolute Gasteiger partial charge is 0.161 e. The molecule has 100 valence electrons. The van der Waals surface area contributed by atoms with Crippen molar-refractivity contribution in [1.82, 2.24) is 0 Å². The van der Waals surface area contributed by atoms with Crippen LogP contribution in [-0.2, 0) is 4.79 Å². The second-order valence-electron chi connectivity index (χ2n) is 4.71. The van der Waals surface area contributed by atoms with Crippen LogP contribution in [0.25, 0.3) is 0 Å². The molecule has 1 atom stereocenters. The number of rotatable bonds is 5. The average molecular weight is 259 g/mol. The fourth-order valence-corrected chi connectivity index (χ4v) is 2.26. The lowest BCUT2D eigenvalue weighted by Gasteiger charge is -2.26. The lowest BCUT2D eigenvalue weighted by atomic mass is 9.76. The summed E-state index contributed by atoms with van der Waals surface area (Å²) in [5, 5.41) is 9.27. The molecule has 19 heavy (non-hydrogen) atoms. The van der Waals surface area contributed by atoms with E-state index < -0.39 is 5.92 Å². The summed E-state index contributed by atoms with van der Waals surface area (Å²) in [4.78, 5) is 12.2. The molecule has 1 fully saturated rings. The van der Waals surface area contributed by atoms with Gasteiger partial charge in [-0.15, -0.1) is 0 Å². The van der Waals surface area contributed by atoms with Crippen molar-refractivity contribution in [3.63, 3.8) is 0 Å². The van der Waals surface area contributed by atoms with Gasteiger partial charge in [-0.2, -0.15) is 5.26 Å². The van der Waals surface area contributed by atoms with Gasteiger partial charge in [-0.05, 0) is 30.5 Å². The van der Waals surface area contributed by atoms with Crippen LogP contribution >= 0.6 is 0 Å². The number of carbonyl (C=O) groups excluding carboxylic acids is 1. The van der Waals surface area contributed by atoms with Gasteiger partial charge in [0.15, 0.2) is 17.3 Å². The van der Waals surface area contributed by atoms with Gasteiger partial charge in [0.2, 0.25) is 0 Å². The number of carbonyl (C=O) groups is 1.